The number of hydrogen-bond donors (Lipinski definition) is 1. The van der Waals surface area contributed by atoms with Crippen molar-refractivity contribution in [1.29, 1.82) is 0 Å². The predicted molar refractivity (Wildman–Crippen MR) is 81.2 cm³/mol. The van der Waals surface area contributed by atoms with E-state index >= 15 is 0 Å². The summed E-state index contributed by atoms with van der Waals surface area (Å²) < 4.78 is 14.0. The molecule has 3 rings (SSSR count). The minimum atomic E-state index is -0.216. The monoisotopic (exact) mass is 270 g/mol. The van der Waals surface area contributed by atoms with Crippen molar-refractivity contribution in [3.8, 4) is 0 Å². The standard InChI is InChI=1S/C17H19FN2/c18-16-11-15(19)9-8-14(16)12-20-10-4-3-6-13-5-1-2-7-17(13)20/h1-2,5,7-9,11H,3-4,6,10,12,19H2. The summed E-state index contributed by atoms with van der Waals surface area (Å²) in [5.41, 5.74) is 9.39. The summed E-state index contributed by atoms with van der Waals surface area (Å²) in [6.07, 6.45) is 3.44. The largest absolute Gasteiger partial charge is 0.399 e. The SMILES string of the molecule is Nc1ccc(CN2CCCCc3ccccc32)c(F)c1. The molecule has 2 aromatic rings. The minimum absolute atomic E-state index is 0.216. The maximum absolute atomic E-state index is 14.0. The van der Waals surface area contributed by atoms with Crippen LogP contribution in [-0.4, -0.2) is 6.54 Å². The zero-order valence-corrected chi connectivity index (χ0v) is 11.5. The third-order valence-corrected chi connectivity index (χ3v) is 3.89. The first-order chi connectivity index (χ1) is 9.74. The summed E-state index contributed by atoms with van der Waals surface area (Å²) in [7, 11) is 0. The van der Waals surface area contributed by atoms with Gasteiger partial charge in [0.2, 0.25) is 0 Å². The van der Waals surface area contributed by atoms with Crippen LogP contribution >= 0.6 is 0 Å². The van der Waals surface area contributed by atoms with E-state index in [1.54, 1.807) is 12.1 Å². The molecule has 0 spiro atoms. The van der Waals surface area contributed by atoms with Gasteiger partial charge < -0.3 is 10.6 Å². The minimum Gasteiger partial charge on any atom is -0.399 e. The molecular formula is C17H19FN2. The fraction of sp³-hybridized carbons (Fsp3) is 0.294. The van der Waals surface area contributed by atoms with Crippen LogP contribution < -0.4 is 10.6 Å². The van der Waals surface area contributed by atoms with Crippen molar-refractivity contribution in [3.05, 3.63) is 59.4 Å². The van der Waals surface area contributed by atoms with Gasteiger partial charge in [0.15, 0.2) is 0 Å². The smallest absolute Gasteiger partial charge is 0.130 e. The van der Waals surface area contributed by atoms with E-state index < -0.39 is 0 Å². The van der Waals surface area contributed by atoms with Gasteiger partial charge in [0.1, 0.15) is 5.82 Å². The molecule has 1 aliphatic rings. The second kappa shape index (κ2) is 5.53. The maximum Gasteiger partial charge on any atom is 0.130 e. The zero-order chi connectivity index (χ0) is 13.9. The summed E-state index contributed by atoms with van der Waals surface area (Å²) >= 11 is 0. The van der Waals surface area contributed by atoms with Gasteiger partial charge in [-0.1, -0.05) is 24.3 Å². The Morgan fingerprint density at radius 2 is 1.95 bits per heavy atom. The second-order valence-electron chi connectivity index (χ2n) is 5.36. The first-order valence-electron chi connectivity index (χ1n) is 7.11. The quantitative estimate of drug-likeness (QED) is 0.842. The first kappa shape index (κ1) is 13.0. The molecule has 1 heterocycles. The Hall–Kier alpha value is -2.03. The van der Waals surface area contributed by atoms with E-state index in [2.05, 4.69) is 29.2 Å². The molecule has 0 bridgehead atoms. The fourth-order valence-corrected chi connectivity index (χ4v) is 2.83. The van der Waals surface area contributed by atoms with Crippen LogP contribution in [0.25, 0.3) is 0 Å². The maximum atomic E-state index is 14.0. The van der Waals surface area contributed by atoms with E-state index in [1.807, 2.05) is 0 Å². The van der Waals surface area contributed by atoms with E-state index in [1.165, 1.54) is 23.7 Å². The Balaban J connectivity index is 1.90. The van der Waals surface area contributed by atoms with Crippen molar-refractivity contribution < 1.29 is 4.39 Å². The number of nitrogen functional groups attached to an aromatic ring is 1. The number of fused-ring (bicyclic) bond motifs is 1. The van der Waals surface area contributed by atoms with E-state index in [0.29, 0.717) is 17.8 Å². The normalized spacial score (nSPS) is 14.8. The summed E-state index contributed by atoms with van der Waals surface area (Å²) in [5.74, 6) is -0.216. The Kier molecular flexibility index (Phi) is 3.59. The van der Waals surface area contributed by atoms with Crippen LogP contribution in [0, 0.1) is 5.82 Å². The highest BCUT2D eigenvalue weighted by atomic mass is 19.1. The molecule has 0 fully saturated rings. The Morgan fingerprint density at radius 3 is 2.80 bits per heavy atom. The van der Waals surface area contributed by atoms with Crippen molar-refractivity contribution in [2.75, 3.05) is 17.2 Å². The summed E-state index contributed by atoms with van der Waals surface area (Å²) in [4.78, 5) is 2.27. The second-order valence-corrected chi connectivity index (χ2v) is 5.36. The lowest BCUT2D eigenvalue weighted by Crippen LogP contribution is -2.24. The van der Waals surface area contributed by atoms with Gasteiger partial charge in [0, 0.05) is 30.0 Å². The molecule has 2 N–H and O–H groups in total. The molecular weight excluding hydrogens is 251 g/mol. The van der Waals surface area contributed by atoms with Crippen molar-refractivity contribution in [2.24, 2.45) is 0 Å². The molecule has 2 aromatic carbocycles. The average molecular weight is 270 g/mol. The molecule has 3 heteroatoms. The number of nitrogens with two attached hydrogens (primary N) is 1. The van der Waals surface area contributed by atoms with Crippen molar-refractivity contribution in [3.63, 3.8) is 0 Å². The number of aryl methyl sites for hydroxylation is 1. The van der Waals surface area contributed by atoms with Crippen LogP contribution in [-0.2, 0) is 13.0 Å². The number of halogens is 1. The summed E-state index contributed by atoms with van der Waals surface area (Å²) in [6, 6.07) is 13.4. The van der Waals surface area contributed by atoms with Gasteiger partial charge in [0.25, 0.3) is 0 Å². The van der Waals surface area contributed by atoms with Crippen molar-refractivity contribution in [1.82, 2.24) is 0 Å². The van der Waals surface area contributed by atoms with Gasteiger partial charge in [-0.3, -0.25) is 0 Å². The van der Waals surface area contributed by atoms with Gasteiger partial charge >= 0.3 is 0 Å². The number of nitrogens with zero attached hydrogens (tertiary/aromatic N) is 1. The van der Waals surface area contributed by atoms with Crippen molar-refractivity contribution in [2.45, 2.75) is 25.8 Å². The molecule has 0 atom stereocenters. The third kappa shape index (κ3) is 2.62. The third-order valence-electron chi connectivity index (χ3n) is 3.89. The number of hydrogen-bond acceptors (Lipinski definition) is 2. The van der Waals surface area contributed by atoms with Crippen LogP contribution in [0.3, 0.4) is 0 Å². The lowest BCUT2D eigenvalue weighted by molar-refractivity contribution is 0.602. The number of anilines is 2. The molecule has 0 radical (unpaired) electrons. The van der Waals surface area contributed by atoms with Crippen LogP contribution in [0.1, 0.15) is 24.0 Å². The number of benzene rings is 2. The van der Waals surface area contributed by atoms with Gasteiger partial charge in [0.05, 0.1) is 0 Å². The lowest BCUT2D eigenvalue weighted by Gasteiger charge is -2.25. The molecule has 2 nitrogen and oxygen atoms in total. The summed E-state index contributed by atoms with van der Waals surface area (Å²) in [6.45, 7) is 1.57. The highest BCUT2D eigenvalue weighted by molar-refractivity contribution is 5.55. The molecule has 0 aliphatic carbocycles. The molecule has 0 saturated carbocycles. The van der Waals surface area contributed by atoms with Gasteiger partial charge in [-0.05, 0) is 43.0 Å². The Morgan fingerprint density at radius 1 is 1.10 bits per heavy atom. The molecule has 0 amide bonds. The first-order valence-corrected chi connectivity index (χ1v) is 7.11. The molecule has 0 saturated heterocycles. The molecule has 20 heavy (non-hydrogen) atoms. The molecule has 0 aromatic heterocycles. The highest BCUT2D eigenvalue weighted by Crippen LogP contribution is 2.28. The van der Waals surface area contributed by atoms with Crippen LogP contribution in [0.5, 0.6) is 0 Å². The van der Waals surface area contributed by atoms with E-state index in [9.17, 15) is 4.39 Å². The Bertz CT molecular complexity index is 610. The average Bonchev–Trinajstić information content (AvgIpc) is 2.65. The highest BCUT2D eigenvalue weighted by Gasteiger charge is 2.16. The topological polar surface area (TPSA) is 29.3 Å². The fourth-order valence-electron chi connectivity index (χ4n) is 2.83. The zero-order valence-electron chi connectivity index (χ0n) is 11.5. The Labute approximate surface area is 119 Å². The number of rotatable bonds is 2. The van der Waals surface area contributed by atoms with E-state index in [-0.39, 0.29) is 5.82 Å². The van der Waals surface area contributed by atoms with Crippen molar-refractivity contribution >= 4 is 11.4 Å². The van der Waals surface area contributed by atoms with Crippen LogP contribution in [0.2, 0.25) is 0 Å². The van der Waals surface area contributed by atoms with Gasteiger partial charge in [-0.25, -0.2) is 4.39 Å². The number of para-hydroxylation sites is 1. The van der Waals surface area contributed by atoms with Crippen LogP contribution in [0.15, 0.2) is 42.5 Å². The molecule has 1 aliphatic heterocycles. The van der Waals surface area contributed by atoms with E-state index in [4.69, 9.17) is 5.73 Å². The van der Waals surface area contributed by atoms with Gasteiger partial charge in [-0.15, -0.1) is 0 Å². The lowest BCUT2D eigenvalue weighted by atomic mass is 10.1. The molecule has 104 valence electrons. The summed E-state index contributed by atoms with van der Waals surface area (Å²) in [5, 5.41) is 0. The van der Waals surface area contributed by atoms with Gasteiger partial charge in [-0.2, -0.15) is 0 Å². The van der Waals surface area contributed by atoms with E-state index in [0.717, 1.165) is 19.4 Å². The molecule has 0 unspecified atom stereocenters. The van der Waals surface area contributed by atoms with Crippen LogP contribution in [0.4, 0.5) is 15.8 Å². The predicted octanol–water partition coefficient (Wildman–Crippen LogP) is 3.75.